The first-order valence-corrected chi connectivity index (χ1v) is 17.6. The van der Waals surface area contributed by atoms with Crippen molar-refractivity contribution in [2.75, 3.05) is 25.1 Å². The summed E-state index contributed by atoms with van der Waals surface area (Å²) < 4.78 is 60.8. The molecule has 1 saturated heterocycles. The van der Waals surface area contributed by atoms with Crippen LogP contribution in [0.15, 0.2) is 12.7 Å². The molecule has 0 amide bonds. The Bertz CT molecular complexity index is 1380. The van der Waals surface area contributed by atoms with E-state index < -0.39 is 48.5 Å². The number of imidazole rings is 1. The molecule has 3 rings (SSSR count). The molecule has 5 N–H and O–H groups in total. The van der Waals surface area contributed by atoms with Crippen LogP contribution in [0.1, 0.15) is 19.6 Å². The standard InChI is InChI=1S/C16H25N6O12P3S2/c1-10(39-38-2)31-11-6-13(22-9-21(5-3-4-17)14-15(18)19-8-20-16(14)22)32-12(11)7-30-36(26,27)34-37(28,29)33-35(23,24)25/h8-13H,4,6-7,17H2,1-2H3,(H5-,18,19,20,23,24,25,26,27,28,29)/p-2/t10-,11?,12-,13-/m1/s1. The molecule has 2 aromatic rings. The Morgan fingerprint density at radius 1 is 1.31 bits per heavy atom. The van der Waals surface area contributed by atoms with Crippen molar-refractivity contribution in [1.29, 1.82) is 0 Å². The van der Waals surface area contributed by atoms with Crippen LogP contribution in [0.3, 0.4) is 0 Å². The number of aromatic nitrogens is 4. The third-order valence-electron chi connectivity index (χ3n) is 4.75. The lowest BCUT2D eigenvalue weighted by molar-refractivity contribution is -0.739. The lowest BCUT2D eigenvalue weighted by atomic mass is 10.2. The van der Waals surface area contributed by atoms with Crippen molar-refractivity contribution in [3.05, 3.63) is 12.7 Å². The zero-order valence-corrected chi connectivity index (χ0v) is 24.4. The smallest absolute Gasteiger partial charge is 0.310 e. The van der Waals surface area contributed by atoms with Crippen molar-refractivity contribution >= 4 is 62.0 Å². The highest BCUT2D eigenvalue weighted by molar-refractivity contribution is 8.76. The fourth-order valence-corrected chi connectivity index (χ4v) is 7.79. The first-order chi connectivity index (χ1) is 18.1. The second-order valence-corrected chi connectivity index (χ2v) is 14.6. The summed E-state index contributed by atoms with van der Waals surface area (Å²) in [4.78, 5) is 50.9. The van der Waals surface area contributed by atoms with Gasteiger partial charge in [0.1, 0.15) is 11.5 Å². The van der Waals surface area contributed by atoms with E-state index in [4.69, 9.17) is 25.8 Å². The summed E-state index contributed by atoms with van der Waals surface area (Å²) in [6, 6.07) is 2.80. The number of ether oxygens (including phenoxy) is 2. The largest absolute Gasteiger partial charge is 0.756 e. The molecule has 0 saturated carbocycles. The summed E-state index contributed by atoms with van der Waals surface area (Å²) in [6.45, 7) is 1.03. The van der Waals surface area contributed by atoms with Crippen LogP contribution in [-0.2, 0) is 36.3 Å². The quantitative estimate of drug-likeness (QED) is 0.0780. The summed E-state index contributed by atoms with van der Waals surface area (Å²) in [7, 11) is -14.8. The molecule has 1 aliphatic heterocycles. The average Bonchev–Trinajstić information content (AvgIpc) is 3.36. The summed E-state index contributed by atoms with van der Waals surface area (Å²) in [5.41, 5.74) is 11.8. The first-order valence-electron chi connectivity index (χ1n) is 10.6. The number of anilines is 1. The van der Waals surface area contributed by atoms with E-state index in [-0.39, 0.29) is 24.2 Å². The minimum Gasteiger partial charge on any atom is -0.756 e. The van der Waals surface area contributed by atoms with E-state index in [0.29, 0.717) is 11.2 Å². The van der Waals surface area contributed by atoms with Gasteiger partial charge in [0.25, 0.3) is 23.5 Å². The van der Waals surface area contributed by atoms with E-state index >= 15 is 0 Å². The Kier molecular flexibility index (Phi) is 11.0. The zero-order chi connectivity index (χ0) is 29.0. The number of nitrogens with two attached hydrogens (primary N) is 2. The van der Waals surface area contributed by atoms with Crippen LogP contribution in [0.5, 0.6) is 0 Å². The SMILES string of the molecule is CSS[C@H](C)OC1C[C@H]([n+]2cn(C#CCN)c3c(N)ncnc32)O[C@@H]1COP(=O)([O-])OP(=O)([O-])OP(=O)([O-])O. The van der Waals surface area contributed by atoms with Crippen LogP contribution in [-0.4, -0.2) is 56.5 Å². The number of hydrogen-bond donors (Lipinski definition) is 3. The monoisotopic (exact) mass is 648 g/mol. The van der Waals surface area contributed by atoms with Gasteiger partial charge < -0.3 is 45.0 Å². The minimum absolute atomic E-state index is 0.0663. The lowest BCUT2D eigenvalue weighted by Gasteiger charge is -2.33. The highest BCUT2D eigenvalue weighted by Gasteiger charge is 2.42. The fraction of sp³-hybridized carbons (Fsp3) is 0.562. The number of fused-ring (bicyclic) bond motifs is 1. The molecule has 23 heteroatoms. The molecule has 1 aliphatic rings. The zero-order valence-electron chi connectivity index (χ0n) is 20.1. The molecule has 0 radical (unpaired) electrons. The van der Waals surface area contributed by atoms with E-state index in [1.165, 1.54) is 38.8 Å². The predicted molar refractivity (Wildman–Crippen MR) is 131 cm³/mol. The summed E-state index contributed by atoms with van der Waals surface area (Å²) >= 11 is 0. The fourth-order valence-electron chi connectivity index (χ4n) is 3.49. The molecule has 18 nitrogen and oxygen atoms in total. The molecule has 0 spiro atoms. The van der Waals surface area contributed by atoms with Crippen molar-refractivity contribution < 1.29 is 60.5 Å². The van der Waals surface area contributed by atoms with Crippen molar-refractivity contribution in [2.24, 2.45) is 5.73 Å². The molecule has 0 aliphatic carbocycles. The summed E-state index contributed by atoms with van der Waals surface area (Å²) in [5, 5.41) is 0. The Morgan fingerprint density at radius 2 is 2.03 bits per heavy atom. The molecule has 3 heterocycles. The van der Waals surface area contributed by atoms with Crippen molar-refractivity contribution in [1.82, 2.24) is 14.5 Å². The van der Waals surface area contributed by atoms with Crippen LogP contribution in [0.4, 0.5) is 5.82 Å². The molecular formula is C16H23N6O12P3S2-2. The molecule has 7 atom stereocenters. The van der Waals surface area contributed by atoms with E-state index in [9.17, 15) is 28.4 Å². The van der Waals surface area contributed by atoms with E-state index in [2.05, 4.69) is 35.1 Å². The van der Waals surface area contributed by atoms with Gasteiger partial charge >= 0.3 is 5.65 Å². The Morgan fingerprint density at radius 3 is 2.67 bits per heavy atom. The number of rotatable bonds is 12. The lowest BCUT2D eigenvalue weighted by Crippen LogP contribution is -2.39. The number of phosphoric ester groups is 1. The second kappa shape index (κ2) is 13.3. The second-order valence-electron chi connectivity index (χ2n) is 7.51. The topological polar surface area (TPSA) is 273 Å². The highest BCUT2D eigenvalue weighted by atomic mass is 33.1. The molecule has 2 aromatic heterocycles. The number of phosphoric acid groups is 3. The van der Waals surface area contributed by atoms with Gasteiger partial charge in [0.05, 0.1) is 25.3 Å². The molecule has 0 bridgehead atoms. The van der Waals surface area contributed by atoms with E-state index in [1.807, 2.05) is 6.26 Å². The van der Waals surface area contributed by atoms with Crippen LogP contribution < -0.4 is 30.7 Å². The van der Waals surface area contributed by atoms with Gasteiger partial charge in [0.2, 0.25) is 11.8 Å². The Balaban J connectivity index is 1.85. The number of nitrogens with zero attached hydrogens (tertiary/aromatic N) is 4. The van der Waals surface area contributed by atoms with Crippen LogP contribution in [0.2, 0.25) is 0 Å². The first kappa shape index (κ1) is 32.4. The van der Waals surface area contributed by atoms with Gasteiger partial charge in [0, 0.05) is 6.42 Å². The summed E-state index contributed by atoms with van der Waals surface area (Å²) in [5.74, 6) is 2.82. The van der Waals surface area contributed by atoms with Gasteiger partial charge in [-0.15, -0.1) is 0 Å². The number of hydrogen-bond acceptors (Lipinski definition) is 17. The maximum absolute atomic E-state index is 12.1. The molecular weight excluding hydrogens is 625 g/mol. The van der Waals surface area contributed by atoms with Crippen LogP contribution in [0.25, 0.3) is 11.2 Å². The normalized spacial score (nSPS) is 24.8. The maximum atomic E-state index is 12.1. The Hall–Kier alpha value is -1.10. The Labute approximate surface area is 229 Å². The van der Waals surface area contributed by atoms with Gasteiger partial charge in [-0.2, -0.15) is 9.55 Å². The average molecular weight is 648 g/mol. The van der Waals surface area contributed by atoms with Crippen LogP contribution >= 0.6 is 45.1 Å². The third-order valence-corrected chi connectivity index (χ3v) is 10.4. The molecule has 4 unspecified atom stereocenters. The van der Waals surface area contributed by atoms with Crippen molar-refractivity contribution in [2.45, 2.75) is 37.2 Å². The van der Waals surface area contributed by atoms with Crippen molar-refractivity contribution in [3.8, 4) is 12.0 Å². The van der Waals surface area contributed by atoms with Gasteiger partial charge in [-0.05, 0) is 19.1 Å². The minimum atomic E-state index is -6.05. The van der Waals surface area contributed by atoms with Crippen LogP contribution in [0, 0.1) is 12.0 Å². The molecule has 218 valence electrons. The maximum Gasteiger partial charge on any atom is 0.310 e. The number of nitrogen functional groups attached to an aromatic ring is 1. The van der Waals surface area contributed by atoms with Gasteiger partial charge in [-0.1, -0.05) is 26.6 Å². The highest BCUT2D eigenvalue weighted by Crippen LogP contribution is 2.61. The predicted octanol–water partition coefficient (Wildman–Crippen LogP) is -1.45. The molecule has 1 fully saturated rings. The van der Waals surface area contributed by atoms with Gasteiger partial charge in [-0.3, -0.25) is 13.7 Å². The molecule has 0 aromatic carbocycles. The van der Waals surface area contributed by atoms with Gasteiger partial charge in [-0.25, -0.2) is 13.2 Å². The third kappa shape index (κ3) is 9.20. The van der Waals surface area contributed by atoms with E-state index in [1.54, 1.807) is 11.5 Å². The van der Waals surface area contributed by atoms with E-state index in [0.717, 1.165) is 0 Å². The van der Waals surface area contributed by atoms with Crippen molar-refractivity contribution in [3.63, 3.8) is 0 Å². The summed E-state index contributed by atoms with van der Waals surface area (Å²) in [6.07, 6.45) is 2.07. The van der Waals surface area contributed by atoms with Gasteiger partial charge in [0.15, 0.2) is 18.4 Å². The molecule has 39 heavy (non-hydrogen) atoms.